The molecule has 52 heavy (non-hydrogen) atoms. The number of carbonyl (C=O) groups excluding carboxylic acids is 4. The molecule has 2 rings (SSSR count). The van der Waals surface area contributed by atoms with Crippen LogP contribution in [0, 0.1) is 0 Å². The summed E-state index contributed by atoms with van der Waals surface area (Å²) < 4.78 is 37.0. The Morgan fingerprint density at radius 1 is 0.538 bits per heavy atom. The van der Waals surface area contributed by atoms with Crippen LogP contribution in [0.15, 0.2) is 0 Å². The van der Waals surface area contributed by atoms with E-state index in [2.05, 4.69) is 50.5 Å². The normalized spacial score (nSPS) is 30.2. The largest absolute Gasteiger partial charge is 0.466 e. The highest BCUT2D eigenvalue weighted by molar-refractivity contribution is 7.85. The van der Waals surface area contributed by atoms with Gasteiger partial charge in [-0.05, 0) is 25.7 Å². The molecule has 21 heteroatoms. The molecule has 0 radical (unpaired) electrons. The molecule has 2 aliphatic heterocycles. The Morgan fingerprint density at radius 2 is 0.923 bits per heavy atom. The summed E-state index contributed by atoms with van der Waals surface area (Å²) >= 11 is 16.5. The highest BCUT2D eigenvalue weighted by Gasteiger charge is 2.50. The number of carbonyl (C=O) groups is 4. The van der Waals surface area contributed by atoms with Gasteiger partial charge in [0.05, 0.1) is 12.7 Å². The number of hydrogen-bond donors (Lipinski definition) is 10. The minimum atomic E-state index is -1.87. The molecule has 12 atom stereocenters. The third kappa shape index (κ3) is 16.7. The van der Waals surface area contributed by atoms with Gasteiger partial charge in [0.2, 0.25) is 0 Å². The molecule has 0 amide bonds. The van der Waals surface area contributed by atoms with Crippen molar-refractivity contribution in [3.63, 3.8) is 0 Å². The molecule has 302 valence electrons. The van der Waals surface area contributed by atoms with Crippen LogP contribution in [0.25, 0.3) is 0 Å². The zero-order valence-corrected chi connectivity index (χ0v) is 32.1. The molecule has 2 saturated heterocycles. The topological polar surface area (TPSA) is 254 Å². The van der Waals surface area contributed by atoms with Crippen LogP contribution < -0.4 is 0 Å². The summed E-state index contributed by atoms with van der Waals surface area (Å²) in [4.78, 5) is 47.9. The van der Waals surface area contributed by atoms with Crippen LogP contribution >= 0.6 is 50.5 Å². The van der Waals surface area contributed by atoms with E-state index >= 15 is 0 Å². The number of esters is 4. The van der Waals surface area contributed by atoms with Gasteiger partial charge in [0, 0.05) is 54.1 Å². The fraction of sp³-hybridized carbons (Fsp3) is 0.871. The van der Waals surface area contributed by atoms with E-state index in [4.69, 9.17) is 33.2 Å². The van der Waals surface area contributed by atoms with Crippen LogP contribution in [0.1, 0.15) is 57.8 Å². The van der Waals surface area contributed by atoms with Gasteiger partial charge >= 0.3 is 23.9 Å². The lowest BCUT2D eigenvalue weighted by molar-refractivity contribution is -0.375. The zero-order chi connectivity index (χ0) is 38.8. The van der Waals surface area contributed by atoms with Crippen LogP contribution in [0.4, 0.5) is 0 Å². The summed E-state index contributed by atoms with van der Waals surface area (Å²) in [5.41, 5.74) is 0. The van der Waals surface area contributed by atoms with Crippen molar-refractivity contribution in [3.05, 3.63) is 0 Å². The summed E-state index contributed by atoms with van der Waals surface area (Å²) in [5.74, 6) is -1.24. The van der Waals surface area contributed by atoms with E-state index < -0.39 is 91.9 Å². The number of hydrogen-bond acceptors (Lipinski definition) is 21. The monoisotopic (exact) mass is 824 g/mol. The Kier molecular flexibility index (Phi) is 22.8. The standard InChI is InChI=1S/C31H52O17S4/c32-20(5-1-2-6-21(33)43-11-16(51)14-49)42-10-9-18-24(36)26(38)28(40)30(46-18)48-31-29(41)27(39)25(37)19(47-31)13-45-23(35)8-4-3-7-22(34)44-12-17(52)15-50/h16-19,24-31,36-41,49-52H,1-15H2/t16?,17?,18-,19-,24-,25-,26+,27+,28-,29-,30-,31-/m1/s1. The Bertz CT molecular complexity index is 1090. The van der Waals surface area contributed by atoms with E-state index in [1.54, 1.807) is 0 Å². The number of aliphatic hydroxyl groups is 6. The van der Waals surface area contributed by atoms with Gasteiger partial charge in [-0.1, -0.05) is 0 Å². The van der Waals surface area contributed by atoms with E-state index in [0.29, 0.717) is 37.2 Å². The number of aliphatic hydroxyl groups excluding tert-OH is 6. The van der Waals surface area contributed by atoms with Crippen LogP contribution in [0.2, 0.25) is 0 Å². The fourth-order valence-corrected chi connectivity index (χ4v) is 5.24. The third-order valence-corrected chi connectivity index (χ3v) is 10.1. The molecule has 0 spiro atoms. The Hall–Kier alpha value is -1.08. The van der Waals surface area contributed by atoms with E-state index in [0.717, 1.165) is 0 Å². The fourth-order valence-electron chi connectivity index (χ4n) is 4.88. The summed E-state index contributed by atoms with van der Waals surface area (Å²) in [7, 11) is 0. The molecule has 0 aliphatic carbocycles. The van der Waals surface area contributed by atoms with Crippen LogP contribution in [0.5, 0.6) is 0 Å². The average Bonchev–Trinajstić information content (AvgIpc) is 3.13. The Balaban J connectivity index is 1.79. The van der Waals surface area contributed by atoms with Gasteiger partial charge in [0.1, 0.15) is 62.5 Å². The van der Waals surface area contributed by atoms with Crippen molar-refractivity contribution in [1.82, 2.24) is 0 Å². The first-order valence-electron chi connectivity index (χ1n) is 16.9. The number of rotatable bonds is 23. The second kappa shape index (κ2) is 25.2. The zero-order valence-electron chi connectivity index (χ0n) is 28.5. The lowest BCUT2D eigenvalue weighted by Crippen LogP contribution is -2.63. The minimum Gasteiger partial charge on any atom is -0.466 e. The maximum Gasteiger partial charge on any atom is 0.305 e. The first-order chi connectivity index (χ1) is 24.7. The van der Waals surface area contributed by atoms with Gasteiger partial charge in [-0.15, -0.1) is 0 Å². The van der Waals surface area contributed by atoms with Crippen molar-refractivity contribution in [1.29, 1.82) is 0 Å². The first kappa shape index (κ1) is 47.1. The molecule has 17 nitrogen and oxygen atoms in total. The van der Waals surface area contributed by atoms with Crippen molar-refractivity contribution in [2.24, 2.45) is 0 Å². The molecule has 2 unspecified atom stereocenters. The van der Waals surface area contributed by atoms with Gasteiger partial charge in [-0.2, -0.15) is 50.5 Å². The molecule has 2 heterocycles. The molecule has 0 bridgehead atoms. The molecular formula is C31H52O17S4. The van der Waals surface area contributed by atoms with E-state index in [9.17, 15) is 49.8 Å². The molecule has 0 aromatic carbocycles. The highest BCUT2D eigenvalue weighted by Crippen LogP contribution is 2.29. The van der Waals surface area contributed by atoms with E-state index in [1.165, 1.54) is 0 Å². The summed E-state index contributed by atoms with van der Waals surface area (Å²) in [6.07, 6.45) is -15.4. The quantitative estimate of drug-likeness (QED) is 0.0250. The lowest BCUT2D eigenvalue weighted by atomic mass is 9.96. The number of unbranched alkanes of at least 4 members (excludes halogenated alkanes) is 2. The van der Waals surface area contributed by atoms with E-state index in [1.807, 2.05) is 0 Å². The molecule has 2 fully saturated rings. The smallest absolute Gasteiger partial charge is 0.305 e. The van der Waals surface area contributed by atoms with Gasteiger partial charge in [0.25, 0.3) is 0 Å². The van der Waals surface area contributed by atoms with Gasteiger partial charge in [-0.25, -0.2) is 0 Å². The maximum absolute atomic E-state index is 12.3. The van der Waals surface area contributed by atoms with Crippen molar-refractivity contribution in [3.8, 4) is 0 Å². The van der Waals surface area contributed by atoms with Crippen molar-refractivity contribution in [2.75, 3.05) is 37.9 Å². The van der Waals surface area contributed by atoms with Gasteiger partial charge < -0.3 is 63.8 Å². The molecule has 2 aliphatic rings. The third-order valence-electron chi connectivity index (χ3n) is 8.00. The summed E-state index contributed by atoms with van der Waals surface area (Å²) in [6.45, 7) is -0.548. The second-order valence-corrected chi connectivity index (χ2v) is 14.5. The van der Waals surface area contributed by atoms with Crippen molar-refractivity contribution < 1.29 is 83.0 Å². The van der Waals surface area contributed by atoms with Crippen molar-refractivity contribution in [2.45, 2.75) is 130 Å². The van der Waals surface area contributed by atoms with Crippen molar-refractivity contribution >= 4 is 74.4 Å². The lowest BCUT2D eigenvalue weighted by Gasteiger charge is -2.45. The van der Waals surface area contributed by atoms with E-state index in [-0.39, 0.29) is 62.4 Å². The summed E-state index contributed by atoms with van der Waals surface area (Å²) in [5, 5.41) is 62.4. The van der Waals surface area contributed by atoms with Crippen LogP contribution in [-0.2, 0) is 52.3 Å². The Labute approximate surface area is 324 Å². The number of thiol groups is 4. The molecule has 0 aromatic rings. The highest BCUT2D eigenvalue weighted by atomic mass is 32.1. The van der Waals surface area contributed by atoms with Crippen LogP contribution in [-0.4, -0.2) is 164 Å². The average molecular weight is 825 g/mol. The minimum absolute atomic E-state index is 0.00674. The predicted molar refractivity (Wildman–Crippen MR) is 193 cm³/mol. The number of ether oxygens (including phenoxy) is 7. The maximum atomic E-state index is 12.3. The second-order valence-electron chi connectivity index (χ2n) is 12.3. The van der Waals surface area contributed by atoms with Gasteiger partial charge in [0.15, 0.2) is 12.6 Å². The predicted octanol–water partition coefficient (Wildman–Crippen LogP) is -1.24. The first-order valence-corrected chi connectivity index (χ1v) is 19.2. The summed E-state index contributed by atoms with van der Waals surface area (Å²) in [6, 6.07) is 0. The Morgan fingerprint density at radius 3 is 1.37 bits per heavy atom. The molecule has 6 N–H and O–H groups in total. The molecular weight excluding hydrogens is 773 g/mol. The molecule has 0 saturated carbocycles. The van der Waals surface area contributed by atoms with Gasteiger partial charge in [-0.3, -0.25) is 19.2 Å². The SMILES string of the molecule is O=C(CCCCC(=O)OCC(S)CS)OCC[C@H]1O[C@H](O[C@H]2O[C@H](COC(=O)CCCCC(=O)OCC(S)CS)[C@@H](O)[C@H](O)[C@H]2O)[C@H](O)[C@@H](O)[C@@H]1O. The molecule has 0 aromatic heterocycles. The van der Waals surface area contributed by atoms with Crippen LogP contribution in [0.3, 0.4) is 0 Å².